The molecule has 6 heteroatoms. The van der Waals surface area contributed by atoms with Gasteiger partial charge in [0.05, 0.1) is 5.69 Å². The Bertz CT molecular complexity index is 297. The van der Waals surface area contributed by atoms with E-state index in [-0.39, 0.29) is 11.4 Å². The summed E-state index contributed by atoms with van der Waals surface area (Å²) in [5, 5.41) is 0. The van der Waals surface area contributed by atoms with Gasteiger partial charge in [-0.15, -0.1) is 0 Å². The molecule has 0 fully saturated rings. The molecule has 0 aliphatic rings. The highest BCUT2D eigenvalue weighted by Crippen LogP contribution is 2.29. The van der Waals surface area contributed by atoms with Crippen LogP contribution in [0.3, 0.4) is 0 Å². The third-order valence-corrected chi connectivity index (χ3v) is 1.48. The number of nitrogen functional groups attached to an aromatic ring is 1. The number of alkyl halides is 3. The van der Waals surface area contributed by atoms with Crippen molar-refractivity contribution in [3.05, 3.63) is 24.0 Å². The zero-order valence-corrected chi connectivity index (χ0v) is 6.55. The van der Waals surface area contributed by atoms with Gasteiger partial charge in [0.25, 0.3) is 0 Å². The Hall–Kier alpha value is -1.30. The van der Waals surface area contributed by atoms with Crippen LogP contribution in [0.1, 0.15) is 11.7 Å². The minimum absolute atomic E-state index is 0.213. The van der Waals surface area contributed by atoms with Crippen molar-refractivity contribution in [3.63, 3.8) is 0 Å². The van der Waals surface area contributed by atoms with E-state index in [2.05, 4.69) is 4.98 Å². The second-order valence-corrected chi connectivity index (χ2v) is 2.53. The monoisotopic (exact) mass is 191 g/mol. The third kappa shape index (κ3) is 2.32. The SMILES string of the molecule is Nc1ccnc(C(N)C(F)(F)F)c1. The molecule has 3 nitrogen and oxygen atoms in total. The Labute approximate surface area is 72.6 Å². The van der Waals surface area contributed by atoms with Crippen molar-refractivity contribution >= 4 is 5.69 Å². The lowest BCUT2D eigenvalue weighted by atomic mass is 10.2. The standard InChI is InChI=1S/C7H8F3N3/c8-7(9,10)6(12)5-3-4(11)1-2-13-5/h1-3,6H,12H2,(H2,11,13). The van der Waals surface area contributed by atoms with Crippen LogP contribution in [0.25, 0.3) is 0 Å². The normalized spacial score (nSPS) is 14.2. The first kappa shape index (κ1) is 9.79. The summed E-state index contributed by atoms with van der Waals surface area (Å²) < 4.78 is 36.2. The molecule has 0 spiro atoms. The summed E-state index contributed by atoms with van der Waals surface area (Å²) in [5.74, 6) is 0. The van der Waals surface area contributed by atoms with E-state index in [0.717, 1.165) is 6.07 Å². The number of aromatic nitrogens is 1. The molecule has 72 valence electrons. The van der Waals surface area contributed by atoms with Crippen LogP contribution in [-0.4, -0.2) is 11.2 Å². The van der Waals surface area contributed by atoms with E-state index >= 15 is 0 Å². The van der Waals surface area contributed by atoms with Gasteiger partial charge >= 0.3 is 6.18 Å². The van der Waals surface area contributed by atoms with Crippen molar-refractivity contribution in [2.75, 3.05) is 5.73 Å². The second kappa shape index (κ2) is 3.21. The minimum Gasteiger partial charge on any atom is -0.399 e. The molecule has 1 atom stereocenters. The molecule has 1 rings (SSSR count). The topological polar surface area (TPSA) is 64.9 Å². The maximum absolute atomic E-state index is 12.1. The summed E-state index contributed by atoms with van der Waals surface area (Å²) in [7, 11) is 0. The van der Waals surface area contributed by atoms with E-state index in [1.165, 1.54) is 12.3 Å². The third-order valence-electron chi connectivity index (χ3n) is 1.48. The van der Waals surface area contributed by atoms with E-state index in [0.29, 0.717) is 0 Å². The number of rotatable bonds is 1. The van der Waals surface area contributed by atoms with E-state index in [9.17, 15) is 13.2 Å². The van der Waals surface area contributed by atoms with E-state index < -0.39 is 12.2 Å². The van der Waals surface area contributed by atoms with Crippen molar-refractivity contribution in [1.82, 2.24) is 4.98 Å². The predicted molar refractivity (Wildman–Crippen MR) is 41.6 cm³/mol. The largest absolute Gasteiger partial charge is 0.409 e. The van der Waals surface area contributed by atoms with Gasteiger partial charge in [-0.2, -0.15) is 13.2 Å². The van der Waals surface area contributed by atoms with Gasteiger partial charge in [-0.1, -0.05) is 0 Å². The highest BCUT2D eigenvalue weighted by atomic mass is 19.4. The Kier molecular flexibility index (Phi) is 2.42. The van der Waals surface area contributed by atoms with E-state index in [1.54, 1.807) is 0 Å². The van der Waals surface area contributed by atoms with Crippen molar-refractivity contribution in [2.24, 2.45) is 5.73 Å². The molecule has 0 aromatic carbocycles. The second-order valence-electron chi connectivity index (χ2n) is 2.53. The first-order valence-electron chi connectivity index (χ1n) is 3.45. The quantitative estimate of drug-likeness (QED) is 0.701. The summed E-state index contributed by atoms with van der Waals surface area (Å²) >= 11 is 0. The van der Waals surface area contributed by atoms with Crippen LogP contribution in [0.15, 0.2) is 18.3 Å². The Balaban J connectivity index is 2.96. The molecule has 0 amide bonds. The highest BCUT2D eigenvalue weighted by molar-refractivity contribution is 5.38. The molecule has 1 heterocycles. The first-order valence-corrected chi connectivity index (χ1v) is 3.45. The van der Waals surface area contributed by atoms with Crippen LogP contribution in [0.2, 0.25) is 0 Å². The molecule has 0 bridgehead atoms. The van der Waals surface area contributed by atoms with Crippen molar-refractivity contribution in [2.45, 2.75) is 12.2 Å². The van der Waals surface area contributed by atoms with Crippen LogP contribution in [0, 0.1) is 0 Å². The first-order chi connectivity index (χ1) is 5.91. The van der Waals surface area contributed by atoms with E-state index in [4.69, 9.17) is 11.5 Å². The fourth-order valence-corrected chi connectivity index (χ4v) is 0.803. The molecular formula is C7H8F3N3. The van der Waals surface area contributed by atoms with E-state index in [1.807, 2.05) is 0 Å². The fraction of sp³-hybridized carbons (Fsp3) is 0.286. The fourth-order valence-electron chi connectivity index (χ4n) is 0.803. The molecule has 1 unspecified atom stereocenters. The van der Waals surface area contributed by atoms with Crippen LogP contribution < -0.4 is 11.5 Å². The van der Waals surface area contributed by atoms with Gasteiger partial charge in [0.1, 0.15) is 6.04 Å². The smallest absolute Gasteiger partial charge is 0.399 e. The average Bonchev–Trinajstić information content (AvgIpc) is 2.01. The van der Waals surface area contributed by atoms with Crippen molar-refractivity contribution in [1.29, 1.82) is 0 Å². The number of pyridine rings is 1. The number of anilines is 1. The van der Waals surface area contributed by atoms with Gasteiger partial charge < -0.3 is 11.5 Å². The number of hydrogen-bond acceptors (Lipinski definition) is 3. The summed E-state index contributed by atoms with van der Waals surface area (Å²) in [4.78, 5) is 3.48. The van der Waals surface area contributed by atoms with Crippen LogP contribution in [0.5, 0.6) is 0 Å². The summed E-state index contributed by atoms with van der Waals surface area (Å²) in [5.41, 5.74) is 10.1. The molecule has 4 N–H and O–H groups in total. The minimum atomic E-state index is -4.49. The van der Waals surface area contributed by atoms with Gasteiger partial charge in [0.15, 0.2) is 0 Å². The summed E-state index contributed by atoms with van der Waals surface area (Å²) in [6.07, 6.45) is -3.29. The Morgan fingerprint density at radius 1 is 1.38 bits per heavy atom. The van der Waals surface area contributed by atoms with Gasteiger partial charge in [-0.25, -0.2) is 0 Å². The molecule has 0 saturated carbocycles. The van der Waals surface area contributed by atoms with Crippen molar-refractivity contribution in [3.8, 4) is 0 Å². The summed E-state index contributed by atoms with van der Waals surface area (Å²) in [6, 6.07) is 0.432. The molecule has 1 aromatic heterocycles. The lowest BCUT2D eigenvalue weighted by Gasteiger charge is -2.14. The number of nitrogens with two attached hydrogens (primary N) is 2. The average molecular weight is 191 g/mol. The lowest BCUT2D eigenvalue weighted by Crippen LogP contribution is -2.29. The number of halogens is 3. The van der Waals surface area contributed by atoms with Gasteiger partial charge in [-0.3, -0.25) is 4.98 Å². The zero-order valence-electron chi connectivity index (χ0n) is 6.55. The zero-order chi connectivity index (χ0) is 10.1. The molecular weight excluding hydrogens is 183 g/mol. The lowest BCUT2D eigenvalue weighted by molar-refractivity contribution is -0.149. The molecule has 0 saturated heterocycles. The number of nitrogens with zero attached hydrogens (tertiary/aromatic N) is 1. The van der Waals surface area contributed by atoms with Gasteiger partial charge in [0.2, 0.25) is 0 Å². The molecule has 0 aliphatic heterocycles. The molecule has 1 aromatic rings. The Morgan fingerprint density at radius 2 is 2.00 bits per heavy atom. The summed E-state index contributed by atoms with van der Waals surface area (Å²) in [6.45, 7) is 0. The highest BCUT2D eigenvalue weighted by Gasteiger charge is 2.38. The maximum atomic E-state index is 12.1. The predicted octanol–water partition coefficient (Wildman–Crippen LogP) is 1.23. The van der Waals surface area contributed by atoms with Gasteiger partial charge in [0, 0.05) is 11.9 Å². The van der Waals surface area contributed by atoms with Crippen molar-refractivity contribution < 1.29 is 13.2 Å². The Morgan fingerprint density at radius 3 is 2.46 bits per heavy atom. The number of hydrogen-bond donors (Lipinski definition) is 2. The van der Waals surface area contributed by atoms with Crippen LogP contribution >= 0.6 is 0 Å². The maximum Gasteiger partial charge on any atom is 0.409 e. The van der Waals surface area contributed by atoms with Crippen LogP contribution in [-0.2, 0) is 0 Å². The molecule has 13 heavy (non-hydrogen) atoms. The van der Waals surface area contributed by atoms with Gasteiger partial charge in [-0.05, 0) is 12.1 Å². The van der Waals surface area contributed by atoms with Crippen LogP contribution in [0.4, 0.5) is 18.9 Å². The molecule has 0 aliphatic carbocycles. The molecule has 0 radical (unpaired) electrons.